The van der Waals surface area contributed by atoms with Crippen LogP contribution in [0, 0.1) is 12.7 Å². The van der Waals surface area contributed by atoms with Crippen LogP contribution in [0.4, 0.5) is 4.39 Å². The van der Waals surface area contributed by atoms with Crippen molar-refractivity contribution < 1.29 is 22.3 Å². The summed E-state index contributed by atoms with van der Waals surface area (Å²) >= 11 is 0. The van der Waals surface area contributed by atoms with E-state index in [1.54, 1.807) is 13.0 Å². The van der Waals surface area contributed by atoms with Gasteiger partial charge in [0.25, 0.3) is 0 Å². The van der Waals surface area contributed by atoms with Crippen molar-refractivity contribution in [3.8, 4) is 5.75 Å². The summed E-state index contributed by atoms with van der Waals surface area (Å²) in [6.45, 7) is 3.31. The Morgan fingerprint density at radius 1 is 1.18 bits per heavy atom. The van der Waals surface area contributed by atoms with Gasteiger partial charge in [0.05, 0.1) is 18.8 Å². The molecule has 6 nitrogen and oxygen atoms in total. The largest absolute Gasteiger partial charge is 0.491 e. The van der Waals surface area contributed by atoms with Gasteiger partial charge in [-0.3, -0.25) is 4.79 Å². The number of benzene rings is 2. The molecule has 0 heterocycles. The molecule has 1 atom stereocenters. The highest BCUT2D eigenvalue weighted by Gasteiger charge is 2.22. The number of hydrogen-bond donors (Lipinski definition) is 1. The van der Waals surface area contributed by atoms with Gasteiger partial charge in [-0.1, -0.05) is 36.4 Å². The summed E-state index contributed by atoms with van der Waals surface area (Å²) in [6, 6.07) is 13.1. The standard InChI is InChI=1S/C20H25FN2O4S/c1-15-8-4-7-11-19(15)27-14-16(2)22-20(24)13-23(28(3,25)26)12-17-9-5-6-10-18(17)21/h4-11,16H,12-14H2,1-3H3,(H,22,24). The molecule has 2 aromatic carbocycles. The van der Waals surface area contributed by atoms with Crippen molar-refractivity contribution in [2.45, 2.75) is 26.4 Å². The van der Waals surface area contributed by atoms with Crippen LogP contribution in [0.3, 0.4) is 0 Å². The molecule has 0 radical (unpaired) electrons. The van der Waals surface area contributed by atoms with E-state index in [9.17, 15) is 17.6 Å². The lowest BCUT2D eigenvalue weighted by Crippen LogP contribution is -2.44. The van der Waals surface area contributed by atoms with E-state index in [1.165, 1.54) is 18.2 Å². The Kier molecular flexibility index (Phi) is 7.53. The summed E-state index contributed by atoms with van der Waals surface area (Å²) in [5.74, 6) is -0.278. The van der Waals surface area contributed by atoms with Crippen LogP contribution >= 0.6 is 0 Å². The predicted molar refractivity (Wildman–Crippen MR) is 106 cm³/mol. The maximum absolute atomic E-state index is 13.8. The second-order valence-electron chi connectivity index (χ2n) is 6.67. The number of nitrogens with one attached hydrogen (secondary N) is 1. The Morgan fingerprint density at radius 2 is 1.82 bits per heavy atom. The number of rotatable bonds is 9. The summed E-state index contributed by atoms with van der Waals surface area (Å²) in [7, 11) is -3.70. The van der Waals surface area contributed by atoms with Crippen LogP contribution in [-0.4, -0.2) is 44.1 Å². The molecule has 1 unspecified atom stereocenters. The number of halogens is 1. The van der Waals surface area contributed by atoms with Gasteiger partial charge < -0.3 is 10.1 Å². The number of ether oxygens (including phenoxy) is 1. The topological polar surface area (TPSA) is 75.7 Å². The second-order valence-corrected chi connectivity index (χ2v) is 8.65. The SMILES string of the molecule is Cc1ccccc1OCC(C)NC(=O)CN(Cc1ccccc1F)S(C)(=O)=O. The van der Waals surface area contributed by atoms with E-state index in [2.05, 4.69) is 5.32 Å². The molecule has 2 rings (SSSR count). The summed E-state index contributed by atoms with van der Waals surface area (Å²) in [5, 5.41) is 2.71. The highest BCUT2D eigenvalue weighted by molar-refractivity contribution is 7.88. The van der Waals surface area contributed by atoms with Crippen LogP contribution in [0.25, 0.3) is 0 Å². The lowest BCUT2D eigenvalue weighted by Gasteiger charge is -2.22. The van der Waals surface area contributed by atoms with E-state index in [0.29, 0.717) is 0 Å². The molecule has 2 aromatic rings. The lowest BCUT2D eigenvalue weighted by molar-refractivity contribution is -0.122. The molecule has 0 aromatic heterocycles. The van der Waals surface area contributed by atoms with Gasteiger partial charge in [0.15, 0.2) is 0 Å². The Hall–Kier alpha value is -2.45. The maximum atomic E-state index is 13.8. The third kappa shape index (κ3) is 6.61. The molecule has 0 saturated heterocycles. The molecule has 0 aliphatic rings. The molecule has 8 heteroatoms. The van der Waals surface area contributed by atoms with Crippen molar-refractivity contribution in [1.29, 1.82) is 0 Å². The monoisotopic (exact) mass is 408 g/mol. The minimum absolute atomic E-state index is 0.205. The fraction of sp³-hybridized carbons (Fsp3) is 0.350. The fourth-order valence-corrected chi connectivity index (χ4v) is 3.29. The summed E-state index contributed by atoms with van der Waals surface area (Å²) in [5.41, 5.74) is 1.19. The van der Waals surface area contributed by atoms with Gasteiger partial charge >= 0.3 is 0 Å². The lowest BCUT2D eigenvalue weighted by atomic mass is 10.2. The molecule has 1 N–H and O–H groups in total. The minimum atomic E-state index is -3.70. The van der Waals surface area contributed by atoms with Gasteiger partial charge in [0.1, 0.15) is 18.2 Å². The Morgan fingerprint density at radius 3 is 2.46 bits per heavy atom. The molecule has 28 heavy (non-hydrogen) atoms. The maximum Gasteiger partial charge on any atom is 0.235 e. The molecular weight excluding hydrogens is 383 g/mol. The molecule has 0 aliphatic heterocycles. The summed E-state index contributed by atoms with van der Waals surface area (Å²) in [4.78, 5) is 12.3. The number of para-hydroxylation sites is 1. The van der Waals surface area contributed by atoms with Crippen LogP contribution in [0.15, 0.2) is 48.5 Å². The van der Waals surface area contributed by atoms with Crippen molar-refractivity contribution in [1.82, 2.24) is 9.62 Å². The van der Waals surface area contributed by atoms with E-state index >= 15 is 0 Å². The number of carbonyl (C=O) groups excluding carboxylic acids is 1. The fourth-order valence-electron chi connectivity index (χ4n) is 2.56. The van der Waals surface area contributed by atoms with Crippen molar-refractivity contribution in [3.63, 3.8) is 0 Å². The van der Waals surface area contributed by atoms with Crippen molar-refractivity contribution in [2.24, 2.45) is 0 Å². The molecule has 0 spiro atoms. The predicted octanol–water partition coefficient (Wildman–Crippen LogP) is 2.48. The molecule has 0 bridgehead atoms. The number of carbonyl (C=O) groups is 1. The molecular formula is C20H25FN2O4S. The van der Waals surface area contributed by atoms with Gasteiger partial charge in [-0.05, 0) is 31.5 Å². The van der Waals surface area contributed by atoms with Crippen LogP contribution in [0.2, 0.25) is 0 Å². The highest BCUT2D eigenvalue weighted by atomic mass is 32.2. The number of aryl methyl sites for hydroxylation is 1. The van der Waals surface area contributed by atoms with Crippen LogP contribution < -0.4 is 10.1 Å². The van der Waals surface area contributed by atoms with Crippen molar-refractivity contribution in [3.05, 3.63) is 65.5 Å². The zero-order valence-electron chi connectivity index (χ0n) is 16.2. The van der Waals surface area contributed by atoms with E-state index < -0.39 is 28.3 Å². The van der Waals surface area contributed by atoms with E-state index in [1.807, 2.05) is 31.2 Å². The quantitative estimate of drug-likeness (QED) is 0.692. The average molecular weight is 408 g/mol. The first-order valence-corrected chi connectivity index (χ1v) is 10.7. The summed E-state index contributed by atoms with van der Waals surface area (Å²) < 4.78 is 44.5. The number of nitrogens with zero attached hydrogens (tertiary/aromatic N) is 1. The highest BCUT2D eigenvalue weighted by Crippen LogP contribution is 2.16. The van der Waals surface area contributed by atoms with Gasteiger partial charge in [-0.25, -0.2) is 12.8 Å². The number of amides is 1. The zero-order valence-corrected chi connectivity index (χ0v) is 17.0. The first-order valence-electron chi connectivity index (χ1n) is 8.83. The smallest absolute Gasteiger partial charge is 0.235 e. The molecule has 152 valence electrons. The van der Waals surface area contributed by atoms with E-state index in [0.717, 1.165) is 21.9 Å². The Bertz CT molecular complexity index is 918. The van der Waals surface area contributed by atoms with Gasteiger partial charge in [0, 0.05) is 12.1 Å². The zero-order chi connectivity index (χ0) is 20.7. The van der Waals surface area contributed by atoms with Crippen molar-refractivity contribution in [2.75, 3.05) is 19.4 Å². The Balaban J connectivity index is 1.94. The third-order valence-corrected chi connectivity index (χ3v) is 5.28. The normalized spacial score (nSPS) is 12.6. The second kappa shape index (κ2) is 9.66. The molecule has 0 saturated carbocycles. The molecule has 0 aliphatic carbocycles. The first-order chi connectivity index (χ1) is 13.2. The van der Waals surface area contributed by atoms with E-state index in [4.69, 9.17) is 4.74 Å². The first kappa shape index (κ1) is 21.8. The number of sulfonamides is 1. The number of hydrogen-bond acceptors (Lipinski definition) is 4. The van der Waals surface area contributed by atoms with Gasteiger partial charge in [0.2, 0.25) is 15.9 Å². The van der Waals surface area contributed by atoms with Crippen molar-refractivity contribution >= 4 is 15.9 Å². The Labute approximate surface area is 165 Å². The third-order valence-electron chi connectivity index (χ3n) is 4.08. The average Bonchev–Trinajstić information content (AvgIpc) is 2.61. The van der Waals surface area contributed by atoms with Gasteiger partial charge in [-0.15, -0.1) is 0 Å². The summed E-state index contributed by atoms with van der Waals surface area (Å²) in [6.07, 6.45) is 0.992. The molecule has 0 fully saturated rings. The van der Waals surface area contributed by atoms with Crippen LogP contribution in [0.5, 0.6) is 5.75 Å². The minimum Gasteiger partial charge on any atom is -0.491 e. The van der Waals surface area contributed by atoms with Crippen LogP contribution in [-0.2, 0) is 21.4 Å². The van der Waals surface area contributed by atoms with Gasteiger partial charge in [-0.2, -0.15) is 4.31 Å². The van der Waals surface area contributed by atoms with Crippen LogP contribution in [0.1, 0.15) is 18.1 Å². The molecule has 1 amide bonds. The van der Waals surface area contributed by atoms with E-state index in [-0.39, 0.29) is 24.8 Å².